The summed E-state index contributed by atoms with van der Waals surface area (Å²) in [6.07, 6.45) is 2.28. The zero-order valence-electron chi connectivity index (χ0n) is 18.2. The average Bonchev–Trinajstić information content (AvgIpc) is 2.79. The van der Waals surface area contributed by atoms with E-state index in [9.17, 15) is 8.42 Å². The monoisotopic (exact) mass is 489 g/mol. The van der Waals surface area contributed by atoms with E-state index < -0.39 is 10.1 Å². The Morgan fingerprint density at radius 1 is 0.970 bits per heavy atom. The zero-order valence-corrected chi connectivity index (χ0v) is 19.8. The summed E-state index contributed by atoms with van der Waals surface area (Å²) in [5.41, 5.74) is 1.97. The van der Waals surface area contributed by atoms with E-state index in [1.807, 2.05) is 31.2 Å². The fourth-order valence-electron chi connectivity index (χ4n) is 2.90. The molecule has 7 nitrogen and oxygen atoms in total. The lowest BCUT2D eigenvalue weighted by molar-refractivity contribution is 0.160. The number of hydrogen-bond acceptors (Lipinski definition) is 7. The van der Waals surface area contributed by atoms with Crippen LogP contribution in [0.2, 0.25) is 5.02 Å². The van der Waals surface area contributed by atoms with E-state index in [1.54, 1.807) is 24.4 Å². The van der Waals surface area contributed by atoms with E-state index in [1.165, 1.54) is 31.4 Å². The molecule has 9 heteroatoms. The second-order valence-electron chi connectivity index (χ2n) is 6.81. The summed E-state index contributed by atoms with van der Waals surface area (Å²) in [6.45, 7) is 2.73. The third-order valence-electron chi connectivity index (χ3n) is 4.42. The molecule has 0 aliphatic rings. The molecule has 3 aromatic rings. The van der Waals surface area contributed by atoms with Crippen molar-refractivity contribution in [2.75, 3.05) is 20.3 Å². The van der Waals surface area contributed by atoms with Crippen molar-refractivity contribution in [2.24, 2.45) is 5.16 Å². The van der Waals surface area contributed by atoms with Gasteiger partial charge in [-0.05, 0) is 36.2 Å². The van der Waals surface area contributed by atoms with Gasteiger partial charge in [0.25, 0.3) is 0 Å². The Hall–Kier alpha value is -3.23. The summed E-state index contributed by atoms with van der Waals surface area (Å²) in [7, 11) is -2.66. The second-order valence-corrected chi connectivity index (χ2v) is 8.73. The summed E-state index contributed by atoms with van der Waals surface area (Å²) >= 11 is 6.01. The Morgan fingerprint density at radius 2 is 1.73 bits per heavy atom. The molecule has 0 saturated heterocycles. The van der Waals surface area contributed by atoms with Gasteiger partial charge in [0.05, 0.1) is 25.0 Å². The fourth-order valence-corrected chi connectivity index (χ4v) is 4.31. The molecule has 0 fully saturated rings. The highest BCUT2D eigenvalue weighted by molar-refractivity contribution is 7.87. The number of ether oxygens (including phenoxy) is 2. The Kier molecular flexibility index (Phi) is 8.57. The van der Waals surface area contributed by atoms with Crippen LogP contribution in [-0.2, 0) is 21.4 Å². The molecule has 0 radical (unpaired) electrons. The Labute approximate surface area is 198 Å². The quantitative estimate of drug-likeness (QED) is 0.211. The van der Waals surface area contributed by atoms with Crippen LogP contribution in [0.4, 0.5) is 0 Å². The minimum atomic E-state index is -4.13. The molecule has 0 unspecified atom stereocenters. The molecule has 0 spiro atoms. The van der Waals surface area contributed by atoms with Gasteiger partial charge in [-0.25, -0.2) is 0 Å². The van der Waals surface area contributed by atoms with Crippen LogP contribution in [0.25, 0.3) is 0 Å². The SMILES string of the molecule is CCON=Cc1cccc(CCOc2cc(OC)cc(OS(=O)(=O)c3ccccc3Cl)c2)c1. The standard InChI is InChI=1S/C24H24ClNO6S/c1-3-31-26-17-19-8-6-7-18(13-19)11-12-30-21-14-20(29-2)15-22(16-21)32-33(27,28)24-10-5-4-9-23(24)25/h4-10,13-17H,3,11-12H2,1-2H3. The van der Waals surface area contributed by atoms with Gasteiger partial charge in [0, 0.05) is 24.6 Å². The third-order valence-corrected chi connectivity index (χ3v) is 6.17. The Morgan fingerprint density at radius 3 is 2.48 bits per heavy atom. The van der Waals surface area contributed by atoms with E-state index in [0.29, 0.717) is 31.1 Å². The number of oxime groups is 1. The first-order chi connectivity index (χ1) is 15.9. The normalized spacial score (nSPS) is 11.4. The average molecular weight is 490 g/mol. The highest BCUT2D eigenvalue weighted by Gasteiger charge is 2.20. The Balaban J connectivity index is 1.69. The van der Waals surface area contributed by atoms with E-state index >= 15 is 0 Å². The van der Waals surface area contributed by atoms with Gasteiger partial charge >= 0.3 is 10.1 Å². The number of nitrogens with zero attached hydrogens (tertiary/aromatic N) is 1. The summed E-state index contributed by atoms with van der Waals surface area (Å²) in [5, 5.41) is 3.95. The molecule has 3 aromatic carbocycles. The van der Waals surface area contributed by atoms with Gasteiger partial charge in [0.2, 0.25) is 0 Å². The molecule has 0 saturated carbocycles. The van der Waals surface area contributed by atoms with Gasteiger partial charge in [-0.1, -0.05) is 47.1 Å². The van der Waals surface area contributed by atoms with Crippen molar-refractivity contribution in [3.8, 4) is 17.2 Å². The number of hydrogen-bond donors (Lipinski definition) is 0. The Bertz CT molecular complexity index is 1210. The summed E-state index contributed by atoms with van der Waals surface area (Å²) < 4.78 is 41.7. The van der Waals surface area contributed by atoms with Gasteiger partial charge in [0.15, 0.2) is 0 Å². The molecule has 0 bridgehead atoms. The van der Waals surface area contributed by atoms with Crippen molar-refractivity contribution < 1.29 is 26.9 Å². The molecule has 0 aliphatic heterocycles. The van der Waals surface area contributed by atoms with Crippen molar-refractivity contribution in [3.05, 3.63) is 82.9 Å². The van der Waals surface area contributed by atoms with Crippen molar-refractivity contribution in [2.45, 2.75) is 18.2 Å². The first-order valence-electron chi connectivity index (χ1n) is 10.2. The number of methoxy groups -OCH3 is 1. The molecule has 0 N–H and O–H groups in total. The lowest BCUT2D eigenvalue weighted by Gasteiger charge is -2.12. The molecule has 0 heterocycles. The molecular formula is C24H24ClNO6S. The molecule has 3 rings (SSSR count). The van der Waals surface area contributed by atoms with Gasteiger partial charge < -0.3 is 18.5 Å². The minimum Gasteiger partial charge on any atom is -0.496 e. The molecule has 0 amide bonds. The van der Waals surface area contributed by atoms with Gasteiger partial charge in [0.1, 0.15) is 28.8 Å². The predicted octanol–water partition coefficient (Wildman–Crippen LogP) is 5.11. The maximum Gasteiger partial charge on any atom is 0.340 e. The lowest BCUT2D eigenvalue weighted by atomic mass is 10.1. The summed E-state index contributed by atoms with van der Waals surface area (Å²) in [4.78, 5) is 4.87. The smallest absolute Gasteiger partial charge is 0.340 e. The van der Waals surface area contributed by atoms with E-state index in [0.717, 1.165) is 11.1 Å². The molecule has 0 aromatic heterocycles. The van der Waals surface area contributed by atoms with Crippen LogP contribution in [0, 0.1) is 0 Å². The molecule has 174 valence electrons. The number of benzene rings is 3. The van der Waals surface area contributed by atoms with Crippen LogP contribution < -0.4 is 13.7 Å². The molecule has 33 heavy (non-hydrogen) atoms. The first kappa shape index (κ1) is 24.4. The second kappa shape index (κ2) is 11.6. The van der Waals surface area contributed by atoms with Crippen LogP contribution in [0.5, 0.6) is 17.2 Å². The highest BCUT2D eigenvalue weighted by atomic mass is 35.5. The zero-order chi connectivity index (χ0) is 23.7. The van der Waals surface area contributed by atoms with E-state index in [-0.39, 0.29) is 15.7 Å². The van der Waals surface area contributed by atoms with E-state index in [4.69, 9.17) is 30.1 Å². The molecular weight excluding hydrogens is 466 g/mol. The van der Waals surface area contributed by atoms with Crippen LogP contribution in [0.1, 0.15) is 18.1 Å². The van der Waals surface area contributed by atoms with E-state index in [2.05, 4.69) is 5.16 Å². The topological polar surface area (TPSA) is 83.4 Å². The molecule has 0 aliphatic carbocycles. The van der Waals surface area contributed by atoms with Crippen molar-refractivity contribution in [3.63, 3.8) is 0 Å². The number of rotatable bonds is 11. The van der Waals surface area contributed by atoms with Crippen LogP contribution in [0.15, 0.2) is 76.8 Å². The van der Waals surface area contributed by atoms with Crippen LogP contribution >= 0.6 is 11.6 Å². The minimum absolute atomic E-state index is 0.0541. The number of halogens is 1. The maximum absolute atomic E-state index is 12.7. The summed E-state index contributed by atoms with van der Waals surface area (Å²) in [5.74, 6) is 0.858. The fraction of sp³-hybridized carbons (Fsp3) is 0.208. The van der Waals surface area contributed by atoms with Crippen LogP contribution in [0.3, 0.4) is 0 Å². The van der Waals surface area contributed by atoms with Crippen LogP contribution in [-0.4, -0.2) is 35.0 Å². The van der Waals surface area contributed by atoms with Gasteiger partial charge in [-0.3, -0.25) is 0 Å². The van der Waals surface area contributed by atoms with Gasteiger partial charge in [-0.2, -0.15) is 8.42 Å². The lowest BCUT2D eigenvalue weighted by Crippen LogP contribution is -2.10. The predicted molar refractivity (Wildman–Crippen MR) is 127 cm³/mol. The maximum atomic E-state index is 12.7. The highest BCUT2D eigenvalue weighted by Crippen LogP contribution is 2.31. The van der Waals surface area contributed by atoms with Crippen molar-refractivity contribution in [1.82, 2.24) is 0 Å². The summed E-state index contributed by atoms with van der Waals surface area (Å²) in [6, 6.07) is 18.5. The third kappa shape index (κ3) is 7.13. The molecule has 0 atom stereocenters. The van der Waals surface area contributed by atoms with Crippen molar-refractivity contribution >= 4 is 27.9 Å². The van der Waals surface area contributed by atoms with Crippen molar-refractivity contribution in [1.29, 1.82) is 0 Å². The largest absolute Gasteiger partial charge is 0.496 e. The van der Waals surface area contributed by atoms with Gasteiger partial charge in [-0.15, -0.1) is 0 Å². The first-order valence-corrected chi connectivity index (χ1v) is 11.9.